The number of aliphatic hydroxyl groups excluding tert-OH is 1. The van der Waals surface area contributed by atoms with Gasteiger partial charge in [-0.2, -0.15) is 0 Å². The Bertz CT molecular complexity index is 1620. The number of likely N-dealkylation sites (N-methyl/N-ethyl adjacent to an activating group) is 1. The van der Waals surface area contributed by atoms with E-state index in [1.165, 1.54) is 0 Å². The second-order valence-corrected chi connectivity index (χ2v) is 14.6. The number of hydrogen-bond donors (Lipinski definition) is 1. The summed E-state index contributed by atoms with van der Waals surface area (Å²) < 4.78 is 13.6. The van der Waals surface area contributed by atoms with Gasteiger partial charge in [-0.15, -0.1) is 0 Å². The van der Waals surface area contributed by atoms with E-state index in [0.29, 0.717) is 36.8 Å². The van der Waals surface area contributed by atoms with E-state index in [9.17, 15) is 24.3 Å². The zero-order chi connectivity index (χ0) is 35.4. The summed E-state index contributed by atoms with van der Waals surface area (Å²) >= 11 is 3.64. The minimum Gasteiger partial charge on any atom is -0.455 e. The number of aliphatic hydroxyl groups is 1. The number of rotatable bonds is 9. The number of ether oxygens (including phenoxy) is 2. The van der Waals surface area contributed by atoms with Crippen LogP contribution in [0.5, 0.6) is 0 Å². The molecule has 0 unspecified atom stereocenters. The molecule has 1 spiro atoms. The minimum absolute atomic E-state index is 0.0985. The van der Waals surface area contributed by atoms with Gasteiger partial charge in [-0.25, -0.2) is 0 Å². The van der Waals surface area contributed by atoms with Crippen LogP contribution in [0.1, 0.15) is 62.7 Å². The third-order valence-electron chi connectivity index (χ3n) is 10.6. The molecule has 4 aliphatic heterocycles. The molecule has 2 saturated heterocycles. The number of fused-ring (bicyclic) bond motifs is 2. The lowest BCUT2D eigenvalue weighted by Crippen LogP contribution is -2.55. The summed E-state index contributed by atoms with van der Waals surface area (Å²) in [6, 6.07) is 17.5. The first-order valence-electron chi connectivity index (χ1n) is 17.6. The molecule has 7 atom stereocenters. The van der Waals surface area contributed by atoms with Gasteiger partial charge in [0.2, 0.25) is 17.7 Å². The zero-order valence-corrected chi connectivity index (χ0v) is 30.2. The smallest absolute Gasteiger partial charge is 0.313 e. The van der Waals surface area contributed by atoms with Crippen molar-refractivity contribution >= 4 is 39.6 Å². The van der Waals surface area contributed by atoms with Crippen LogP contribution in [0.4, 0.5) is 0 Å². The number of likely N-dealkylation sites (tertiary alicyclic amines) is 1. The number of unbranched alkanes of at least 4 members (excludes halogenated alkanes) is 3. The summed E-state index contributed by atoms with van der Waals surface area (Å²) in [7, 11) is 1.72. The van der Waals surface area contributed by atoms with Crippen molar-refractivity contribution in [3.63, 3.8) is 0 Å². The number of carbonyl (C=O) groups excluding carboxylic acids is 4. The maximum atomic E-state index is 14.9. The molecule has 2 aromatic rings. The van der Waals surface area contributed by atoms with E-state index in [4.69, 9.17) is 9.47 Å². The van der Waals surface area contributed by atoms with Crippen LogP contribution in [-0.4, -0.2) is 94.0 Å². The fraction of sp³-hybridized carbons (Fsp3) is 0.487. The molecule has 0 aliphatic carbocycles. The maximum absolute atomic E-state index is 14.9. The summed E-state index contributed by atoms with van der Waals surface area (Å²) in [6.45, 7) is 2.83. The molecule has 0 radical (unpaired) electrons. The molecule has 3 amide bonds. The number of halogens is 1. The van der Waals surface area contributed by atoms with Crippen molar-refractivity contribution in [2.75, 3.05) is 26.7 Å². The first-order valence-corrected chi connectivity index (χ1v) is 18.4. The Morgan fingerprint density at radius 2 is 1.60 bits per heavy atom. The molecule has 50 heavy (non-hydrogen) atoms. The quantitative estimate of drug-likeness (QED) is 0.220. The molecular formula is C39H46BrN3O7. The minimum atomic E-state index is -1.38. The average molecular weight is 749 g/mol. The Balaban J connectivity index is 1.42. The largest absolute Gasteiger partial charge is 0.455 e. The highest BCUT2D eigenvalue weighted by atomic mass is 79.9. The van der Waals surface area contributed by atoms with Gasteiger partial charge in [0.1, 0.15) is 29.8 Å². The fourth-order valence-electron chi connectivity index (χ4n) is 7.89. The third kappa shape index (κ3) is 6.92. The predicted molar refractivity (Wildman–Crippen MR) is 190 cm³/mol. The molecule has 5 bridgehead atoms. The molecule has 4 heterocycles. The monoisotopic (exact) mass is 747 g/mol. The van der Waals surface area contributed by atoms with E-state index in [0.717, 1.165) is 24.0 Å². The van der Waals surface area contributed by atoms with Crippen LogP contribution in [-0.2, 0) is 35.2 Å². The number of esters is 1. The van der Waals surface area contributed by atoms with E-state index in [1.807, 2.05) is 85.8 Å². The Morgan fingerprint density at radius 1 is 0.900 bits per heavy atom. The van der Waals surface area contributed by atoms with E-state index in [-0.39, 0.29) is 37.3 Å². The highest BCUT2D eigenvalue weighted by molar-refractivity contribution is 9.11. The van der Waals surface area contributed by atoms with E-state index in [1.54, 1.807) is 21.7 Å². The molecule has 11 heteroatoms. The summed E-state index contributed by atoms with van der Waals surface area (Å²) in [5, 5.41) is 9.30. The van der Waals surface area contributed by atoms with Crippen LogP contribution < -0.4 is 0 Å². The van der Waals surface area contributed by atoms with Crippen molar-refractivity contribution in [3.05, 3.63) is 94.5 Å². The lowest BCUT2D eigenvalue weighted by atomic mass is 9.74. The van der Waals surface area contributed by atoms with Crippen molar-refractivity contribution in [1.82, 2.24) is 14.7 Å². The lowest BCUT2D eigenvalue weighted by Gasteiger charge is -2.36. The molecule has 0 aromatic heterocycles. The number of allylic oxidation sites excluding steroid dienone is 1. The molecule has 6 rings (SSSR count). The standard InChI is InChI=1S/C39H46BrN3O7/c1-26-33(28-18-10-6-11-19-28)49-38(48)31-32-36(46)43(22-14-3-4-15-23-44)35(39(32)24-29(40)34(31)50-39)37(47)42(25-27-16-8-5-9-17-27)21-13-7-12-20-30(45)41(26)2/h5-11,13,16-19,24,26,31-35,44H,3-4,12,14-15,20-23,25H2,1-2H3/b13-7-/t26-,31+,32-,33+,34+,35+,39-/m0/s1. The first-order chi connectivity index (χ1) is 24.2. The molecule has 4 aliphatic rings. The van der Waals surface area contributed by atoms with E-state index in [2.05, 4.69) is 15.9 Å². The van der Waals surface area contributed by atoms with Crippen LogP contribution in [0.25, 0.3) is 0 Å². The number of amides is 3. The normalized spacial score (nSPS) is 30.8. The first kappa shape index (κ1) is 36.0. The Hall–Kier alpha value is -3.80. The van der Waals surface area contributed by atoms with Crippen LogP contribution >= 0.6 is 15.9 Å². The van der Waals surface area contributed by atoms with Crippen LogP contribution in [0.15, 0.2) is 83.4 Å². The average Bonchev–Trinajstić information content (AvgIpc) is 3.72. The third-order valence-corrected chi connectivity index (χ3v) is 11.3. The molecule has 10 nitrogen and oxygen atoms in total. The van der Waals surface area contributed by atoms with Crippen LogP contribution in [0.2, 0.25) is 0 Å². The van der Waals surface area contributed by atoms with Gasteiger partial charge in [-0.3, -0.25) is 19.2 Å². The SMILES string of the molecule is C[C@H]1[C@H](c2ccccc2)OC(=O)[C@H]2[C@@H]3O[C@@]4(C=C3Br)[C@@H]2C(=O)N(CCCCCCO)[C@@H]4C(=O)N(Cc2ccccc2)C/C=C\CCC(=O)N1C. The molecule has 0 saturated carbocycles. The van der Waals surface area contributed by atoms with Crippen molar-refractivity contribution in [2.24, 2.45) is 11.8 Å². The van der Waals surface area contributed by atoms with E-state index < -0.39 is 47.7 Å². The Labute approximate surface area is 302 Å². The zero-order valence-electron chi connectivity index (χ0n) is 28.7. The highest BCUT2D eigenvalue weighted by Crippen LogP contribution is 2.59. The molecule has 2 fully saturated rings. The van der Waals surface area contributed by atoms with Crippen molar-refractivity contribution in [3.8, 4) is 0 Å². The van der Waals surface area contributed by atoms with Crippen molar-refractivity contribution in [1.29, 1.82) is 0 Å². The van der Waals surface area contributed by atoms with Gasteiger partial charge in [0.15, 0.2) is 0 Å². The summed E-state index contributed by atoms with van der Waals surface area (Å²) in [6.07, 6.45) is 7.63. The topological polar surface area (TPSA) is 117 Å². The van der Waals surface area contributed by atoms with Crippen molar-refractivity contribution in [2.45, 2.75) is 81.9 Å². The highest BCUT2D eigenvalue weighted by Gasteiger charge is 2.75. The van der Waals surface area contributed by atoms with Gasteiger partial charge in [-0.1, -0.05) is 102 Å². The summed E-state index contributed by atoms with van der Waals surface area (Å²) in [5.74, 6) is -3.26. The molecule has 1 N–H and O–H groups in total. The number of carbonyl (C=O) groups is 4. The fourth-order valence-corrected chi connectivity index (χ4v) is 8.62. The molecule has 2 aromatic carbocycles. The summed E-state index contributed by atoms with van der Waals surface area (Å²) in [4.78, 5) is 62.4. The predicted octanol–water partition coefficient (Wildman–Crippen LogP) is 4.92. The van der Waals surface area contributed by atoms with Gasteiger partial charge < -0.3 is 29.3 Å². The van der Waals surface area contributed by atoms with Crippen LogP contribution in [0.3, 0.4) is 0 Å². The number of nitrogens with zero attached hydrogens (tertiary/aromatic N) is 3. The summed E-state index contributed by atoms with van der Waals surface area (Å²) in [5.41, 5.74) is 0.285. The second-order valence-electron chi connectivity index (χ2n) is 13.7. The Morgan fingerprint density at radius 3 is 2.32 bits per heavy atom. The van der Waals surface area contributed by atoms with Crippen LogP contribution in [0, 0.1) is 11.8 Å². The second kappa shape index (κ2) is 15.6. The lowest BCUT2D eigenvalue weighted by molar-refractivity contribution is -0.164. The Kier molecular flexibility index (Phi) is 11.2. The maximum Gasteiger partial charge on any atom is 0.313 e. The number of benzene rings is 2. The van der Waals surface area contributed by atoms with Crippen molar-refractivity contribution < 1.29 is 33.8 Å². The van der Waals surface area contributed by atoms with Gasteiger partial charge >= 0.3 is 5.97 Å². The molecule has 266 valence electrons. The van der Waals surface area contributed by atoms with Gasteiger partial charge in [0.05, 0.1) is 12.0 Å². The van der Waals surface area contributed by atoms with Gasteiger partial charge in [0.25, 0.3) is 0 Å². The number of hydrogen-bond acceptors (Lipinski definition) is 7. The number of cyclic esters (lactones) is 1. The van der Waals surface area contributed by atoms with Gasteiger partial charge in [0, 0.05) is 44.2 Å². The molecular weight excluding hydrogens is 702 g/mol. The van der Waals surface area contributed by atoms with E-state index >= 15 is 0 Å². The van der Waals surface area contributed by atoms with Gasteiger partial charge in [-0.05, 0) is 43.4 Å².